The molecule has 94 valence electrons. The number of amides is 1. The molecule has 1 aromatic rings. The lowest BCUT2D eigenvalue weighted by molar-refractivity contribution is 0.0904. The molecule has 0 aromatic carbocycles. The number of aliphatic hydroxyl groups is 1. The van der Waals surface area contributed by atoms with Gasteiger partial charge in [-0.25, -0.2) is 0 Å². The SMILES string of the molecule is CCCc1nnsc1C(=O)NCC(O)C1CC1. The molecular formula is C11H17N3O2S. The van der Waals surface area contributed by atoms with E-state index < -0.39 is 6.10 Å². The second-order valence-corrected chi connectivity index (χ2v) is 5.17. The first-order chi connectivity index (χ1) is 8.22. The standard InChI is InChI=1S/C11H17N3O2S/c1-2-3-8-10(17-14-13-8)11(16)12-6-9(15)7-4-5-7/h7,9,15H,2-6H2,1H3,(H,12,16). The first-order valence-corrected chi connectivity index (χ1v) is 6.77. The maximum absolute atomic E-state index is 11.9. The Morgan fingerprint density at radius 2 is 2.41 bits per heavy atom. The summed E-state index contributed by atoms with van der Waals surface area (Å²) < 4.78 is 3.80. The Labute approximate surface area is 104 Å². The van der Waals surface area contributed by atoms with Gasteiger partial charge in [-0.05, 0) is 36.7 Å². The third-order valence-electron chi connectivity index (χ3n) is 2.89. The molecule has 0 spiro atoms. The van der Waals surface area contributed by atoms with Gasteiger partial charge in [0.2, 0.25) is 0 Å². The van der Waals surface area contributed by atoms with Crippen LogP contribution in [-0.2, 0) is 6.42 Å². The number of hydrogen-bond acceptors (Lipinski definition) is 5. The smallest absolute Gasteiger partial charge is 0.265 e. The van der Waals surface area contributed by atoms with Gasteiger partial charge in [0, 0.05) is 6.54 Å². The lowest BCUT2D eigenvalue weighted by Gasteiger charge is -2.09. The minimum Gasteiger partial charge on any atom is -0.391 e. The molecule has 6 heteroatoms. The van der Waals surface area contributed by atoms with Gasteiger partial charge < -0.3 is 10.4 Å². The monoisotopic (exact) mass is 255 g/mol. The number of nitrogens with one attached hydrogen (secondary N) is 1. The number of rotatable bonds is 6. The highest BCUT2D eigenvalue weighted by atomic mass is 32.1. The van der Waals surface area contributed by atoms with Crippen LogP contribution >= 0.6 is 11.5 Å². The van der Waals surface area contributed by atoms with E-state index in [2.05, 4.69) is 14.9 Å². The van der Waals surface area contributed by atoms with E-state index in [1.165, 1.54) is 0 Å². The van der Waals surface area contributed by atoms with Gasteiger partial charge in [0.05, 0.1) is 11.8 Å². The van der Waals surface area contributed by atoms with Crippen molar-refractivity contribution in [3.8, 4) is 0 Å². The maximum atomic E-state index is 11.9. The van der Waals surface area contributed by atoms with Crippen molar-refractivity contribution in [1.82, 2.24) is 14.9 Å². The summed E-state index contributed by atoms with van der Waals surface area (Å²) >= 11 is 1.12. The number of carbonyl (C=O) groups excluding carboxylic acids is 1. The highest BCUT2D eigenvalue weighted by Gasteiger charge is 2.30. The van der Waals surface area contributed by atoms with Gasteiger partial charge >= 0.3 is 0 Å². The topological polar surface area (TPSA) is 75.1 Å². The molecule has 1 fully saturated rings. The highest BCUT2D eigenvalue weighted by molar-refractivity contribution is 7.08. The molecule has 1 aliphatic carbocycles. The number of hydrogen-bond donors (Lipinski definition) is 2. The average molecular weight is 255 g/mol. The zero-order chi connectivity index (χ0) is 12.3. The molecule has 17 heavy (non-hydrogen) atoms. The predicted octanol–water partition coefficient (Wildman–Crippen LogP) is 0.991. The van der Waals surface area contributed by atoms with Gasteiger partial charge in [0.25, 0.3) is 5.91 Å². The minimum absolute atomic E-state index is 0.164. The van der Waals surface area contributed by atoms with Crippen LogP contribution in [0.15, 0.2) is 0 Å². The van der Waals surface area contributed by atoms with Crippen LogP contribution in [0, 0.1) is 5.92 Å². The molecule has 1 unspecified atom stereocenters. The fraction of sp³-hybridized carbons (Fsp3) is 0.727. The number of aryl methyl sites for hydroxylation is 1. The summed E-state index contributed by atoms with van der Waals surface area (Å²) in [6, 6.07) is 0. The summed E-state index contributed by atoms with van der Waals surface area (Å²) in [7, 11) is 0. The van der Waals surface area contributed by atoms with Crippen LogP contribution in [0.1, 0.15) is 41.6 Å². The summed E-state index contributed by atoms with van der Waals surface area (Å²) in [4.78, 5) is 12.4. The molecule has 2 N–H and O–H groups in total. The van der Waals surface area contributed by atoms with Crippen LogP contribution in [0.5, 0.6) is 0 Å². The van der Waals surface area contributed by atoms with E-state index in [9.17, 15) is 9.90 Å². The molecule has 1 aliphatic rings. The Kier molecular flexibility index (Phi) is 4.06. The van der Waals surface area contributed by atoms with Crippen LogP contribution in [0.3, 0.4) is 0 Å². The van der Waals surface area contributed by atoms with Crippen molar-refractivity contribution in [1.29, 1.82) is 0 Å². The largest absolute Gasteiger partial charge is 0.391 e. The molecule has 1 saturated carbocycles. The van der Waals surface area contributed by atoms with E-state index in [0.717, 1.165) is 42.9 Å². The number of carbonyl (C=O) groups is 1. The molecule has 2 rings (SSSR count). The number of nitrogens with zero attached hydrogens (tertiary/aromatic N) is 2. The zero-order valence-corrected chi connectivity index (χ0v) is 10.7. The van der Waals surface area contributed by atoms with E-state index in [-0.39, 0.29) is 5.91 Å². The Balaban J connectivity index is 1.87. The lowest BCUT2D eigenvalue weighted by Crippen LogP contribution is -2.33. The molecule has 0 radical (unpaired) electrons. The molecule has 1 atom stereocenters. The van der Waals surface area contributed by atoms with E-state index in [0.29, 0.717) is 17.3 Å². The molecular weight excluding hydrogens is 238 g/mol. The summed E-state index contributed by atoms with van der Waals surface area (Å²) in [6.45, 7) is 2.37. The maximum Gasteiger partial charge on any atom is 0.265 e. The predicted molar refractivity (Wildman–Crippen MR) is 65.0 cm³/mol. The zero-order valence-electron chi connectivity index (χ0n) is 9.85. The average Bonchev–Trinajstić information content (AvgIpc) is 3.07. The molecule has 1 amide bonds. The van der Waals surface area contributed by atoms with Crippen molar-refractivity contribution in [3.05, 3.63) is 10.6 Å². The van der Waals surface area contributed by atoms with Crippen molar-refractivity contribution < 1.29 is 9.90 Å². The quantitative estimate of drug-likeness (QED) is 0.795. The van der Waals surface area contributed by atoms with Crippen LogP contribution < -0.4 is 5.32 Å². The fourth-order valence-electron chi connectivity index (χ4n) is 1.71. The molecule has 0 bridgehead atoms. The van der Waals surface area contributed by atoms with Crippen molar-refractivity contribution in [2.45, 2.75) is 38.7 Å². The fourth-order valence-corrected chi connectivity index (χ4v) is 2.33. The summed E-state index contributed by atoms with van der Waals surface area (Å²) in [5.74, 6) is 0.216. The van der Waals surface area contributed by atoms with Gasteiger partial charge in [-0.15, -0.1) is 5.10 Å². The molecule has 1 heterocycles. The van der Waals surface area contributed by atoms with Crippen LogP contribution in [0.25, 0.3) is 0 Å². The highest BCUT2D eigenvalue weighted by Crippen LogP contribution is 2.32. The number of aliphatic hydroxyl groups excluding tert-OH is 1. The van der Waals surface area contributed by atoms with E-state index >= 15 is 0 Å². The van der Waals surface area contributed by atoms with E-state index in [4.69, 9.17) is 0 Å². The van der Waals surface area contributed by atoms with Gasteiger partial charge in [-0.1, -0.05) is 17.8 Å². The Morgan fingerprint density at radius 3 is 3.06 bits per heavy atom. The first-order valence-electron chi connectivity index (χ1n) is 5.99. The van der Waals surface area contributed by atoms with Crippen molar-refractivity contribution in [2.75, 3.05) is 6.54 Å². The second-order valence-electron chi connectivity index (χ2n) is 4.41. The Hall–Kier alpha value is -1.01. The van der Waals surface area contributed by atoms with Crippen molar-refractivity contribution in [2.24, 2.45) is 5.92 Å². The Bertz CT molecular complexity index is 390. The first kappa shape index (κ1) is 12.4. The van der Waals surface area contributed by atoms with Gasteiger partial charge in [-0.3, -0.25) is 4.79 Å². The second kappa shape index (κ2) is 5.55. The third kappa shape index (κ3) is 3.23. The van der Waals surface area contributed by atoms with Gasteiger partial charge in [0.15, 0.2) is 0 Å². The van der Waals surface area contributed by atoms with Gasteiger partial charge in [-0.2, -0.15) is 0 Å². The summed E-state index contributed by atoms with van der Waals surface area (Å²) in [5.41, 5.74) is 0.760. The summed E-state index contributed by atoms with van der Waals surface area (Å²) in [5, 5.41) is 16.4. The minimum atomic E-state index is -0.408. The Morgan fingerprint density at radius 1 is 1.65 bits per heavy atom. The van der Waals surface area contributed by atoms with E-state index in [1.54, 1.807) is 0 Å². The number of aromatic nitrogens is 2. The third-order valence-corrected chi connectivity index (χ3v) is 3.65. The molecule has 0 saturated heterocycles. The van der Waals surface area contributed by atoms with Gasteiger partial charge in [0.1, 0.15) is 4.88 Å². The summed E-state index contributed by atoms with van der Waals surface area (Å²) in [6.07, 6.45) is 3.44. The normalized spacial score (nSPS) is 16.8. The molecule has 0 aliphatic heterocycles. The van der Waals surface area contributed by atoms with Crippen LogP contribution in [0.2, 0.25) is 0 Å². The van der Waals surface area contributed by atoms with Crippen molar-refractivity contribution in [3.63, 3.8) is 0 Å². The van der Waals surface area contributed by atoms with Crippen LogP contribution in [0.4, 0.5) is 0 Å². The van der Waals surface area contributed by atoms with Crippen LogP contribution in [-0.4, -0.2) is 33.2 Å². The van der Waals surface area contributed by atoms with Crippen molar-refractivity contribution >= 4 is 17.4 Å². The molecule has 5 nitrogen and oxygen atoms in total. The van der Waals surface area contributed by atoms with E-state index in [1.807, 2.05) is 6.92 Å². The molecule has 1 aromatic heterocycles. The lowest BCUT2D eigenvalue weighted by atomic mass is 10.2.